The minimum atomic E-state index is -0.437. The number of rotatable bonds is 2. The molecule has 0 atom stereocenters. The molecule has 0 aromatic heterocycles. The third-order valence-electron chi connectivity index (χ3n) is 1.60. The van der Waals surface area contributed by atoms with Crippen LogP contribution >= 0.6 is 31.9 Å². The molecule has 15 heavy (non-hydrogen) atoms. The largest absolute Gasteiger partial charge is 0.447 e. The third kappa shape index (κ3) is 3.87. The van der Waals surface area contributed by atoms with Crippen molar-refractivity contribution in [2.24, 2.45) is 0 Å². The predicted molar refractivity (Wildman–Crippen MR) is 65.7 cm³/mol. The Morgan fingerprint density at radius 3 is 2.47 bits per heavy atom. The number of dihydropyridines is 1. The molecule has 0 unspecified atom stereocenters. The lowest BCUT2D eigenvalue weighted by Crippen LogP contribution is -2.38. The Bertz CT molecular complexity index is 295. The van der Waals surface area contributed by atoms with Crippen LogP contribution in [-0.4, -0.2) is 18.2 Å². The molecule has 2 N–H and O–H groups in total. The number of nitrogens with one attached hydrogen (secondary N) is 2. The minimum Gasteiger partial charge on any atom is -0.447 e. The molecular weight excluding hydrogens is 328 g/mol. The van der Waals surface area contributed by atoms with E-state index < -0.39 is 6.09 Å². The lowest BCUT2D eigenvalue weighted by Gasteiger charge is -2.21. The van der Waals surface area contributed by atoms with Gasteiger partial charge in [0.05, 0.1) is 12.1 Å². The van der Waals surface area contributed by atoms with E-state index in [0.717, 1.165) is 8.96 Å². The van der Waals surface area contributed by atoms with Crippen LogP contribution in [0.15, 0.2) is 21.4 Å². The lowest BCUT2D eigenvalue weighted by atomic mass is 10.2. The summed E-state index contributed by atoms with van der Waals surface area (Å²) >= 11 is 6.69. The molecule has 0 fully saturated rings. The van der Waals surface area contributed by atoms with Crippen LogP contribution in [0.5, 0.6) is 0 Å². The summed E-state index contributed by atoms with van der Waals surface area (Å²) in [5, 5.41) is 5.64. The quantitative estimate of drug-likeness (QED) is 0.813. The first-order valence-electron chi connectivity index (χ1n) is 4.45. The molecular formula is C9H12Br2N2O2. The SMILES string of the molecule is CC(C)OC(=O)NC1C(Br)=CNC=C1Br. The predicted octanol–water partition coefficient (Wildman–Crippen LogP) is 2.57. The maximum absolute atomic E-state index is 11.4. The van der Waals surface area contributed by atoms with Crippen molar-refractivity contribution in [1.29, 1.82) is 0 Å². The summed E-state index contributed by atoms with van der Waals surface area (Å²) in [4.78, 5) is 11.4. The van der Waals surface area contributed by atoms with E-state index in [1.54, 1.807) is 26.2 Å². The molecule has 1 heterocycles. The van der Waals surface area contributed by atoms with Crippen LogP contribution in [0.25, 0.3) is 0 Å². The van der Waals surface area contributed by atoms with Gasteiger partial charge in [-0.15, -0.1) is 0 Å². The van der Waals surface area contributed by atoms with E-state index in [-0.39, 0.29) is 12.1 Å². The molecule has 0 spiro atoms. The Hall–Kier alpha value is -0.490. The topological polar surface area (TPSA) is 50.4 Å². The van der Waals surface area contributed by atoms with Crippen LogP contribution < -0.4 is 10.6 Å². The number of amides is 1. The number of halogens is 2. The molecule has 0 aromatic rings. The zero-order valence-corrected chi connectivity index (χ0v) is 11.6. The molecule has 0 aromatic carbocycles. The highest BCUT2D eigenvalue weighted by molar-refractivity contribution is 9.12. The number of carbonyl (C=O) groups is 1. The van der Waals surface area contributed by atoms with E-state index >= 15 is 0 Å². The Balaban J connectivity index is 2.56. The van der Waals surface area contributed by atoms with Gasteiger partial charge in [0.2, 0.25) is 0 Å². The molecule has 0 bridgehead atoms. The average Bonchev–Trinajstić information content (AvgIpc) is 2.10. The first-order chi connectivity index (χ1) is 7.00. The van der Waals surface area contributed by atoms with Crippen molar-refractivity contribution >= 4 is 38.0 Å². The highest BCUT2D eigenvalue weighted by atomic mass is 79.9. The lowest BCUT2D eigenvalue weighted by molar-refractivity contribution is 0.115. The first kappa shape index (κ1) is 12.6. The van der Waals surface area contributed by atoms with E-state index in [0.29, 0.717) is 0 Å². The number of carbonyl (C=O) groups excluding carboxylic acids is 1. The zero-order valence-electron chi connectivity index (χ0n) is 8.38. The van der Waals surface area contributed by atoms with Gasteiger partial charge in [0.25, 0.3) is 0 Å². The highest BCUT2D eigenvalue weighted by Gasteiger charge is 2.21. The average molecular weight is 340 g/mol. The zero-order chi connectivity index (χ0) is 11.4. The van der Waals surface area contributed by atoms with Crippen LogP contribution in [-0.2, 0) is 4.74 Å². The Labute approximate surface area is 105 Å². The van der Waals surface area contributed by atoms with Crippen molar-refractivity contribution in [2.75, 3.05) is 0 Å². The Morgan fingerprint density at radius 1 is 1.47 bits per heavy atom. The molecule has 0 saturated heterocycles. The monoisotopic (exact) mass is 338 g/mol. The van der Waals surface area contributed by atoms with Gasteiger partial charge in [-0.2, -0.15) is 0 Å². The molecule has 4 nitrogen and oxygen atoms in total. The van der Waals surface area contributed by atoms with Gasteiger partial charge < -0.3 is 15.4 Å². The second kappa shape index (κ2) is 5.55. The van der Waals surface area contributed by atoms with E-state index in [2.05, 4.69) is 42.5 Å². The number of alkyl carbamates (subject to hydrolysis) is 1. The Kier molecular flexibility index (Phi) is 4.66. The van der Waals surface area contributed by atoms with Crippen molar-refractivity contribution in [3.63, 3.8) is 0 Å². The summed E-state index contributed by atoms with van der Waals surface area (Å²) in [7, 11) is 0. The Morgan fingerprint density at radius 2 is 2.00 bits per heavy atom. The number of hydrogen-bond donors (Lipinski definition) is 2. The first-order valence-corrected chi connectivity index (χ1v) is 6.03. The second-order valence-corrected chi connectivity index (χ2v) is 5.09. The molecule has 6 heteroatoms. The van der Waals surface area contributed by atoms with Crippen LogP contribution in [0, 0.1) is 0 Å². The van der Waals surface area contributed by atoms with Crippen LogP contribution in [0.4, 0.5) is 4.79 Å². The van der Waals surface area contributed by atoms with Gasteiger partial charge in [-0.05, 0) is 13.8 Å². The maximum atomic E-state index is 11.4. The van der Waals surface area contributed by atoms with Crippen molar-refractivity contribution in [1.82, 2.24) is 10.6 Å². The summed E-state index contributed by atoms with van der Waals surface area (Å²) in [6.45, 7) is 3.61. The van der Waals surface area contributed by atoms with Gasteiger partial charge >= 0.3 is 6.09 Å². The fourth-order valence-corrected chi connectivity index (χ4v) is 2.30. The number of hydrogen-bond acceptors (Lipinski definition) is 3. The summed E-state index contributed by atoms with van der Waals surface area (Å²) in [6.07, 6.45) is 2.95. The number of ether oxygens (including phenoxy) is 1. The van der Waals surface area contributed by atoms with Crippen molar-refractivity contribution in [3.05, 3.63) is 21.4 Å². The van der Waals surface area contributed by atoms with Gasteiger partial charge in [0.15, 0.2) is 0 Å². The fourth-order valence-electron chi connectivity index (χ4n) is 1.00. The van der Waals surface area contributed by atoms with Crippen LogP contribution in [0.2, 0.25) is 0 Å². The molecule has 0 radical (unpaired) electrons. The molecule has 0 aliphatic carbocycles. The molecule has 1 amide bonds. The maximum Gasteiger partial charge on any atom is 0.408 e. The van der Waals surface area contributed by atoms with Crippen LogP contribution in [0.1, 0.15) is 13.8 Å². The smallest absolute Gasteiger partial charge is 0.408 e. The van der Waals surface area contributed by atoms with Crippen molar-refractivity contribution < 1.29 is 9.53 Å². The molecule has 1 aliphatic heterocycles. The minimum absolute atomic E-state index is 0.128. The summed E-state index contributed by atoms with van der Waals surface area (Å²) in [5.41, 5.74) is 0. The van der Waals surface area contributed by atoms with Crippen molar-refractivity contribution in [2.45, 2.75) is 26.0 Å². The van der Waals surface area contributed by atoms with Crippen molar-refractivity contribution in [3.8, 4) is 0 Å². The highest BCUT2D eigenvalue weighted by Crippen LogP contribution is 2.24. The molecule has 84 valence electrons. The summed E-state index contributed by atoms with van der Waals surface area (Å²) in [5.74, 6) is 0. The second-order valence-electron chi connectivity index (χ2n) is 3.26. The summed E-state index contributed by atoms with van der Waals surface area (Å²) in [6, 6.07) is -0.225. The van der Waals surface area contributed by atoms with Gasteiger partial charge in [0.1, 0.15) is 0 Å². The van der Waals surface area contributed by atoms with Gasteiger partial charge in [-0.1, -0.05) is 31.9 Å². The summed E-state index contributed by atoms with van der Waals surface area (Å²) < 4.78 is 6.65. The normalized spacial score (nSPS) is 16.6. The standard InChI is InChI=1S/C9H12Br2N2O2/c1-5(2)15-9(14)13-8-6(10)3-12-4-7(8)11/h3-5,8,12H,1-2H3,(H,13,14). The van der Waals surface area contributed by atoms with E-state index in [1.165, 1.54) is 0 Å². The van der Waals surface area contributed by atoms with E-state index in [9.17, 15) is 4.79 Å². The van der Waals surface area contributed by atoms with Gasteiger partial charge in [-0.25, -0.2) is 4.79 Å². The molecule has 0 saturated carbocycles. The third-order valence-corrected chi connectivity index (χ3v) is 2.97. The van der Waals surface area contributed by atoms with E-state index in [1.807, 2.05) is 0 Å². The molecule has 1 aliphatic rings. The van der Waals surface area contributed by atoms with Gasteiger partial charge in [0, 0.05) is 21.4 Å². The molecule has 1 rings (SSSR count). The van der Waals surface area contributed by atoms with Crippen LogP contribution in [0.3, 0.4) is 0 Å². The van der Waals surface area contributed by atoms with E-state index in [4.69, 9.17) is 4.74 Å². The fraction of sp³-hybridized carbons (Fsp3) is 0.444. The van der Waals surface area contributed by atoms with Gasteiger partial charge in [-0.3, -0.25) is 0 Å².